The van der Waals surface area contributed by atoms with E-state index >= 15 is 0 Å². The van der Waals surface area contributed by atoms with Crippen LogP contribution >= 0.6 is 0 Å². The molecule has 0 unspecified atom stereocenters. The lowest BCUT2D eigenvalue weighted by molar-refractivity contribution is -0.137. The van der Waals surface area contributed by atoms with Crippen molar-refractivity contribution in [1.82, 2.24) is 0 Å². The van der Waals surface area contributed by atoms with Crippen molar-refractivity contribution in [2.45, 2.75) is 148 Å². The van der Waals surface area contributed by atoms with E-state index < -0.39 is 5.97 Å². The van der Waals surface area contributed by atoms with Gasteiger partial charge in [-0.15, -0.1) is 0 Å². The monoisotopic (exact) mass is 420 g/mol. The van der Waals surface area contributed by atoms with Crippen LogP contribution in [0.2, 0.25) is 0 Å². The maximum Gasteiger partial charge on any atom is 0.303 e. The van der Waals surface area contributed by atoms with Crippen LogP contribution in [0, 0.1) is 0 Å². The van der Waals surface area contributed by atoms with Crippen molar-refractivity contribution in [2.24, 2.45) is 0 Å². The quantitative estimate of drug-likeness (QED) is 0.125. The molecule has 0 amide bonds. The normalized spacial score (nSPS) is 11.8. The molecule has 30 heavy (non-hydrogen) atoms. The molecular weight excluding hydrogens is 368 g/mol. The lowest BCUT2D eigenvalue weighted by atomic mass is 10.1. The molecule has 0 aliphatic heterocycles. The van der Waals surface area contributed by atoms with Crippen molar-refractivity contribution in [3.63, 3.8) is 0 Å². The Hall–Kier alpha value is -1.05. The molecule has 0 atom stereocenters. The van der Waals surface area contributed by atoms with Gasteiger partial charge in [-0.3, -0.25) is 4.79 Å². The predicted octanol–water partition coefficient (Wildman–Crippen LogP) is 9.79. The van der Waals surface area contributed by atoms with Crippen LogP contribution in [0.3, 0.4) is 0 Å². The van der Waals surface area contributed by atoms with Crippen molar-refractivity contribution >= 4 is 5.97 Å². The fourth-order valence-corrected chi connectivity index (χ4v) is 3.86. The number of carboxylic acids is 1. The van der Waals surface area contributed by atoms with Gasteiger partial charge in [-0.05, 0) is 38.5 Å². The third-order valence-electron chi connectivity index (χ3n) is 5.84. The van der Waals surface area contributed by atoms with E-state index in [2.05, 4.69) is 31.2 Å². The van der Waals surface area contributed by atoms with Crippen LogP contribution in [0.25, 0.3) is 0 Å². The van der Waals surface area contributed by atoms with Gasteiger partial charge in [0.1, 0.15) is 0 Å². The van der Waals surface area contributed by atoms with E-state index in [9.17, 15) is 4.79 Å². The second-order valence-electron chi connectivity index (χ2n) is 8.91. The summed E-state index contributed by atoms with van der Waals surface area (Å²) in [6.45, 7) is 2.28. The van der Waals surface area contributed by atoms with Crippen LogP contribution in [-0.4, -0.2) is 11.1 Å². The summed E-state index contributed by atoms with van der Waals surface area (Å²) in [7, 11) is 0. The Bertz CT molecular complexity index is 397. The first-order chi connectivity index (χ1) is 14.8. The van der Waals surface area contributed by atoms with Crippen LogP contribution in [0.5, 0.6) is 0 Å². The van der Waals surface area contributed by atoms with Crippen LogP contribution in [0.1, 0.15) is 148 Å². The van der Waals surface area contributed by atoms with Gasteiger partial charge in [0, 0.05) is 6.42 Å². The highest BCUT2D eigenvalue weighted by Crippen LogP contribution is 2.12. The van der Waals surface area contributed by atoms with Gasteiger partial charge >= 0.3 is 5.97 Å². The molecule has 0 saturated carbocycles. The zero-order valence-corrected chi connectivity index (χ0v) is 20.2. The van der Waals surface area contributed by atoms with Gasteiger partial charge in [-0.2, -0.15) is 0 Å². The molecule has 2 heteroatoms. The number of rotatable bonds is 24. The number of aliphatic carboxylic acids is 1. The maximum atomic E-state index is 10.4. The summed E-state index contributed by atoms with van der Waals surface area (Å²) >= 11 is 0. The Morgan fingerprint density at radius 1 is 0.533 bits per heavy atom. The van der Waals surface area contributed by atoms with Crippen molar-refractivity contribution in [3.05, 3.63) is 24.3 Å². The Kier molecular flexibility index (Phi) is 25.1. The highest BCUT2D eigenvalue weighted by atomic mass is 16.4. The predicted molar refractivity (Wildman–Crippen MR) is 133 cm³/mol. The van der Waals surface area contributed by atoms with Gasteiger partial charge in [-0.1, -0.05) is 128 Å². The van der Waals surface area contributed by atoms with Crippen LogP contribution in [0.4, 0.5) is 0 Å². The summed E-state index contributed by atoms with van der Waals surface area (Å²) in [5.41, 5.74) is 0. The van der Waals surface area contributed by atoms with Gasteiger partial charge in [0.2, 0.25) is 0 Å². The first-order valence-electron chi connectivity index (χ1n) is 13.3. The SMILES string of the molecule is CCCCCCCCCCC=CCC=CCCCCCCCCCCCCC(=O)O. The van der Waals surface area contributed by atoms with Gasteiger partial charge in [-0.25, -0.2) is 0 Å². The average molecular weight is 421 g/mol. The summed E-state index contributed by atoms with van der Waals surface area (Å²) in [5.74, 6) is -0.657. The molecule has 2 nitrogen and oxygen atoms in total. The molecule has 0 rings (SSSR count). The minimum absolute atomic E-state index is 0.337. The topological polar surface area (TPSA) is 37.3 Å². The van der Waals surface area contributed by atoms with E-state index in [-0.39, 0.29) is 0 Å². The Morgan fingerprint density at radius 3 is 1.30 bits per heavy atom. The molecular formula is C28H52O2. The van der Waals surface area contributed by atoms with Crippen LogP contribution < -0.4 is 0 Å². The number of unbranched alkanes of at least 4 members (excludes halogenated alkanes) is 18. The Morgan fingerprint density at radius 2 is 0.900 bits per heavy atom. The molecule has 176 valence electrons. The van der Waals surface area contributed by atoms with E-state index in [1.54, 1.807) is 0 Å². The summed E-state index contributed by atoms with van der Waals surface area (Å²) in [6, 6.07) is 0. The van der Waals surface area contributed by atoms with Crippen LogP contribution in [0.15, 0.2) is 24.3 Å². The van der Waals surface area contributed by atoms with Gasteiger partial charge < -0.3 is 5.11 Å². The minimum atomic E-state index is -0.657. The summed E-state index contributed by atoms with van der Waals surface area (Å²) in [6.07, 6.45) is 37.0. The van der Waals surface area contributed by atoms with Crippen LogP contribution in [-0.2, 0) is 4.79 Å². The molecule has 0 fully saturated rings. The van der Waals surface area contributed by atoms with E-state index in [0.717, 1.165) is 19.3 Å². The zero-order valence-electron chi connectivity index (χ0n) is 20.2. The third kappa shape index (κ3) is 27.0. The number of hydrogen-bond donors (Lipinski definition) is 1. The second kappa shape index (κ2) is 26.0. The van der Waals surface area contributed by atoms with Crippen molar-refractivity contribution < 1.29 is 9.90 Å². The number of carboxylic acid groups (broad SMARTS) is 1. The van der Waals surface area contributed by atoms with E-state index in [4.69, 9.17) is 5.11 Å². The van der Waals surface area contributed by atoms with E-state index in [0.29, 0.717) is 6.42 Å². The summed E-state index contributed by atoms with van der Waals surface area (Å²) < 4.78 is 0. The number of hydrogen-bond acceptors (Lipinski definition) is 1. The largest absolute Gasteiger partial charge is 0.481 e. The molecule has 1 N–H and O–H groups in total. The molecule has 0 aromatic heterocycles. The lowest BCUT2D eigenvalue weighted by Crippen LogP contribution is -1.93. The molecule has 0 aromatic rings. The van der Waals surface area contributed by atoms with Crippen molar-refractivity contribution in [2.75, 3.05) is 0 Å². The molecule has 0 aliphatic carbocycles. The van der Waals surface area contributed by atoms with E-state index in [1.165, 1.54) is 116 Å². The Labute approximate surface area is 188 Å². The standard InChI is InChI=1S/C28H52O2/c1-2-3-4-5-6-7-8-9-10-11-12-13-14-15-16-17-18-19-20-21-22-23-24-25-26-27-28(29)30/h11-12,14-15H,2-10,13,16-27H2,1H3,(H,29,30). The molecule has 0 aromatic carbocycles. The molecule has 0 heterocycles. The molecule has 0 spiro atoms. The first-order valence-corrected chi connectivity index (χ1v) is 13.3. The summed E-state index contributed by atoms with van der Waals surface area (Å²) in [5, 5.41) is 8.59. The zero-order chi connectivity index (χ0) is 22.0. The van der Waals surface area contributed by atoms with E-state index in [1.807, 2.05) is 0 Å². The molecule has 0 aliphatic rings. The second-order valence-corrected chi connectivity index (χ2v) is 8.91. The van der Waals surface area contributed by atoms with Gasteiger partial charge in [0.05, 0.1) is 0 Å². The number of carbonyl (C=O) groups is 1. The summed E-state index contributed by atoms with van der Waals surface area (Å²) in [4.78, 5) is 10.4. The van der Waals surface area contributed by atoms with Gasteiger partial charge in [0.25, 0.3) is 0 Å². The molecule has 0 bridgehead atoms. The fourth-order valence-electron chi connectivity index (χ4n) is 3.86. The highest BCUT2D eigenvalue weighted by Gasteiger charge is 1.96. The maximum absolute atomic E-state index is 10.4. The van der Waals surface area contributed by atoms with Crippen molar-refractivity contribution in [3.8, 4) is 0 Å². The Balaban J connectivity index is 3.16. The average Bonchev–Trinajstić information content (AvgIpc) is 2.73. The number of allylic oxidation sites excluding steroid dienone is 4. The fraction of sp³-hybridized carbons (Fsp3) is 0.821. The smallest absolute Gasteiger partial charge is 0.303 e. The minimum Gasteiger partial charge on any atom is -0.481 e. The third-order valence-corrected chi connectivity index (χ3v) is 5.84. The highest BCUT2D eigenvalue weighted by molar-refractivity contribution is 5.66. The van der Waals surface area contributed by atoms with Gasteiger partial charge in [0.15, 0.2) is 0 Å². The first kappa shape index (κ1) is 28.9. The molecule has 0 saturated heterocycles. The van der Waals surface area contributed by atoms with Crippen molar-refractivity contribution in [1.29, 1.82) is 0 Å². The lowest BCUT2D eigenvalue weighted by Gasteiger charge is -2.01. The molecule has 0 radical (unpaired) electrons.